The first-order chi connectivity index (χ1) is 14.0. The zero-order valence-corrected chi connectivity index (χ0v) is 17.7. The van der Waals surface area contributed by atoms with Crippen molar-refractivity contribution in [3.05, 3.63) is 81.5 Å². The standard InChI is InChI=1S/C21H20BrN3O4/c1-14-7-15(9-22)3-6-19(14)20(26)12-25-21(27)8-18(11-24-25)29-13-16-4-5-17(28-2)10-23-16/h3-8,10-11H,9,12-13H2,1-2H3. The Morgan fingerprint density at radius 1 is 1.14 bits per heavy atom. The molecular weight excluding hydrogens is 438 g/mol. The molecule has 0 spiro atoms. The molecule has 0 saturated carbocycles. The Morgan fingerprint density at radius 2 is 1.97 bits per heavy atom. The van der Waals surface area contributed by atoms with Crippen LogP contribution in [0.3, 0.4) is 0 Å². The van der Waals surface area contributed by atoms with Crippen molar-refractivity contribution in [2.75, 3.05) is 7.11 Å². The van der Waals surface area contributed by atoms with Gasteiger partial charge in [-0.25, -0.2) is 4.68 Å². The maximum Gasteiger partial charge on any atom is 0.270 e. The van der Waals surface area contributed by atoms with E-state index in [1.807, 2.05) is 19.1 Å². The fourth-order valence-corrected chi connectivity index (χ4v) is 3.08. The number of alkyl halides is 1. The normalized spacial score (nSPS) is 10.6. The van der Waals surface area contributed by atoms with Gasteiger partial charge >= 0.3 is 0 Å². The number of aryl methyl sites for hydroxylation is 1. The van der Waals surface area contributed by atoms with Crippen LogP contribution in [0.4, 0.5) is 0 Å². The van der Waals surface area contributed by atoms with Crippen LogP contribution in [0, 0.1) is 6.92 Å². The molecule has 0 fully saturated rings. The fraction of sp³-hybridized carbons (Fsp3) is 0.238. The number of benzene rings is 1. The van der Waals surface area contributed by atoms with E-state index in [0.29, 0.717) is 22.8 Å². The number of hydrogen-bond donors (Lipinski definition) is 0. The summed E-state index contributed by atoms with van der Waals surface area (Å²) in [5.41, 5.74) is 2.81. The van der Waals surface area contributed by atoms with E-state index in [2.05, 4.69) is 26.0 Å². The minimum atomic E-state index is -0.409. The molecule has 0 atom stereocenters. The molecule has 0 N–H and O–H groups in total. The molecule has 0 amide bonds. The number of hydrogen-bond acceptors (Lipinski definition) is 6. The summed E-state index contributed by atoms with van der Waals surface area (Å²) >= 11 is 3.40. The van der Waals surface area contributed by atoms with Crippen LogP contribution in [0.15, 0.2) is 53.6 Å². The Labute approximate surface area is 176 Å². The lowest BCUT2D eigenvalue weighted by atomic mass is 10.0. The minimum Gasteiger partial charge on any atom is -0.495 e. The first kappa shape index (κ1) is 20.7. The summed E-state index contributed by atoms with van der Waals surface area (Å²) in [6, 6.07) is 10.5. The lowest BCUT2D eigenvalue weighted by molar-refractivity contribution is 0.0964. The van der Waals surface area contributed by atoms with Gasteiger partial charge in [0.15, 0.2) is 5.78 Å². The first-order valence-corrected chi connectivity index (χ1v) is 10.00. The van der Waals surface area contributed by atoms with E-state index in [0.717, 1.165) is 21.1 Å². The van der Waals surface area contributed by atoms with Gasteiger partial charge in [0.1, 0.15) is 24.7 Å². The molecular formula is C21H20BrN3O4. The zero-order valence-electron chi connectivity index (χ0n) is 16.1. The molecule has 2 heterocycles. The first-order valence-electron chi connectivity index (χ1n) is 8.87. The summed E-state index contributed by atoms with van der Waals surface area (Å²) in [5, 5.41) is 4.78. The van der Waals surface area contributed by atoms with E-state index in [9.17, 15) is 9.59 Å². The van der Waals surface area contributed by atoms with E-state index in [1.54, 1.807) is 31.5 Å². The Bertz CT molecular complexity index is 1060. The fourth-order valence-electron chi connectivity index (χ4n) is 2.73. The molecule has 150 valence electrons. The van der Waals surface area contributed by atoms with Crippen molar-refractivity contribution < 1.29 is 14.3 Å². The molecule has 7 nitrogen and oxygen atoms in total. The van der Waals surface area contributed by atoms with Crippen LogP contribution in [0.25, 0.3) is 0 Å². The Morgan fingerprint density at radius 3 is 2.59 bits per heavy atom. The molecule has 0 aliphatic carbocycles. The van der Waals surface area contributed by atoms with E-state index < -0.39 is 5.56 Å². The monoisotopic (exact) mass is 457 g/mol. The number of pyridine rings is 1. The lowest BCUT2D eigenvalue weighted by Gasteiger charge is -2.09. The third-order valence-electron chi connectivity index (χ3n) is 4.30. The third-order valence-corrected chi connectivity index (χ3v) is 4.95. The van der Waals surface area contributed by atoms with E-state index in [1.165, 1.54) is 12.3 Å². The number of carbonyl (C=O) groups is 1. The van der Waals surface area contributed by atoms with Crippen molar-refractivity contribution in [3.8, 4) is 11.5 Å². The van der Waals surface area contributed by atoms with Gasteiger partial charge in [0.2, 0.25) is 0 Å². The van der Waals surface area contributed by atoms with Gasteiger partial charge in [-0.1, -0.05) is 34.1 Å². The highest BCUT2D eigenvalue weighted by Gasteiger charge is 2.12. The highest BCUT2D eigenvalue weighted by Crippen LogP contribution is 2.15. The van der Waals surface area contributed by atoms with Crippen LogP contribution in [0.5, 0.6) is 11.5 Å². The number of carbonyl (C=O) groups excluding carboxylic acids is 1. The smallest absolute Gasteiger partial charge is 0.270 e. The van der Waals surface area contributed by atoms with E-state index >= 15 is 0 Å². The second kappa shape index (κ2) is 9.47. The molecule has 2 aromatic heterocycles. The van der Waals surface area contributed by atoms with E-state index in [-0.39, 0.29) is 18.9 Å². The van der Waals surface area contributed by atoms with Gasteiger partial charge in [0.25, 0.3) is 5.56 Å². The highest BCUT2D eigenvalue weighted by molar-refractivity contribution is 9.08. The summed E-state index contributed by atoms with van der Waals surface area (Å²) in [6.07, 6.45) is 3.01. The highest BCUT2D eigenvalue weighted by atomic mass is 79.9. The number of methoxy groups -OCH3 is 1. The van der Waals surface area contributed by atoms with E-state index in [4.69, 9.17) is 9.47 Å². The van der Waals surface area contributed by atoms with Crippen LogP contribution in [0.1, 0.15) is 27.2 Å². The average molecular weight is 458 g/mol. The van der Waals surface area contributed by atoms with Crippen LogP contribution >= 0.6 is 15.9 Å². The maximum absolute atomic E-state index is 12.6. The molecule has 3 rings (SSSR count). The van der Waals surface area contributed by atoms with Gasteiger partial charge in [0.05, 0.1) is 25.2 Å². The van der Waals surface area contributed by atoms with Gasteiger partial charge in [-0.3, -0.25) is 14.6 Å². The zero-order chi connectivity index (χ0) is 20.8. The van der Waals surface area contributed by atoms with Gasteiger partial charge in [0, 0.05) is 17.0 Å². The van der Waals surface area contributed by atoms with Crippen molar-refractivity contribution in [2.45, 2.75) is 25.4 Å². The second-order valence-corrected chi connectivity index (χ2v) is 6.93. The van der Waals surface area contributed by atoms with Crippen molar-refractivity contribution in [1.29, 1.82) is 0 Å². The van der Waals surface area contributed by atoms with Gasteiger partial charge in [-0.05, 0) is 30.2 Å². The molecule has 29 heavy (non-hydrogen) atoms. The summed E-state index contributed by atoms with van der Waals surface area (Å²) < 4.78 is 11.7. The van der Waals surface area contributed by atoms with Crippen molar-refractivity contribution in [3.63, 3.8) is 0 Å². The summed E-state index contributed by atoms with van der Waals surface area (Å²) in [4.78, 5) is 29.1. The van der Waals surface area contributed by atoms with Crippen LogP contribution in [0.2, 0.25) is 0 Å². The predicted octanol–water partition coefficient (Wildman–Crippen LogP) is 3.31. The number of ketones is 1. The van der Waals surface area contributed by atoms with Crippen LogP contribution in [-0.2, 0) is 18.5 Å². The largest absolute Gasteiger partial charge is 0.495 e. The molecule has 0 bridgehead atoms. The van der Waals surface area contributed by atoms with Crippen molar-refractivity contribution >= 4 is 21.7 Å². The molecule has 0 aliphatic rings. The summed E-state index contributed by atoms with van der Waals surface area (Å²) in [6.45, 7) is 1.93. The molecule has 1 aromatic carbocycles. The van der Waals surface area contributed by atoms with Gasteiger partial charge < -0.3 is 9.47 Å². The Hall–Kier alpha value is -3.00. The molecule has 0 aliphatic heterocycles. The van der Waals surface area contributed by atoms with Crippen molar-refractivity contribution in [1.82, 2.24) is 14.8 Å². The number of halogens is 1. The lowest BCUT2D eigenvalue weighted by Crippen LogP contribution is -2.26. The SMILES string of the molecule is COc1ccc(COc2cnn(CC(=O)c3ccc(CBr)cc3C)c(=O)c2)nc1. The van der Waals surface area contributed by atoms with Crippen LogP contribution < -0.4 is 15.0 Å². The number of nitrogens with zero attached hydrogens (tertiary/aromatic N) is 3. The Kier molecular flexibility index (Phi) is 6.77. The molecule has 8 heteroatoms. The Balaban J connectivity index is 1.66. The predicted molar refractivity (Wildman–Crippen MR) is 112 cm³/mol. The third kappa shape index (κ3) is 5.29. The van der Waals surface area contributed by atoms with Gasteiger partial charge in [-0.2, -0.15) is 5.10 Å². The number of rotatable bonds is 8. The topological polar surface area (TPSA) is 83.3 Å². The molecule has 0 unspecified atom stereocenters. The second-order valence-electron chi connectivity index (χ2n) is 6.37. The van der Waals surface area contributed by atoms with Gasteiger partial charge in [-0.15, -0.1) is 0 Å². The number of ether oxygens (including phenoxy) is 2. The molecule has 3 aromatic rings. The average Bonchev–Trinajstić information content (AvgIpc) is 2.74. The van der Waals surface area contributed by atoms with Crippen molar-refractivity contribution in [2.24, 2.45) is 0 Å². The summed E-state index contributed by atoms with van der Waals surface area (Å²) in [7, 11) is 1.57. The molecule has 0 radical (unpaired) electrons. The maximum atomic E-state index is 12.6. The number of Topliss-reactive ketones (excluding diaryl/α,β-unsaturated/α-hetero) is 1. The molecule has 0 saturated heterocycles. The van der Waals surface area contributed by atoms with Crippen LogP contribution in [-0.4, -0.2) is 27.7 Å². The number of aromatic nitrogens is 3. The summed E-state index contributed by atoms with van der Waals surface area (Å²) in [5.74, 6) is 0.795. The quantitative estimate of drug-likeness (QED) is 0.381. The minimum absolute atomic E-state index is 0.131.